The molecule has 0 saturated carbocycles. The van der Waals surface area contributed by atoms with Crippen molar-refractivity contribution in [3.8, 4) is 0 Å². The van der Waals surface area contributed by atoms with Gasteiger partial charge in [0, 0.05) is 22.9 Å². The summed E-state index contributed by atoms with van der Waals surface area (Å²) in [6.45, 7) is 3.88. The smallest absolute Gasteiger partial charge is 0.241 e. The SMILES string of the molecule is C[C@H](N[C@@H](C)c1ccncc1)C(=O)Nc1ccccc1Br. The Morgan fingerprint density at radius 2 is 1.81 bits per heavy atom. The van der Waals surface area contributed by atoms with Crippen molar-refractivity contribution in [2.24, 2.45) is 0 Å². The molecule has 110 valence electrons. The molecule has 1 amide bonds. The largest absolute Gasteiger partial charge is 0.324 e. The molecule has 21 heavy (non-hydrogen) atoms. The minimum atomic E-state index is -0.305. The van der Waals surface area contributed by atoms with E-state index in [-0.39, 0.29) is 18.0 Å². The Labute approximate surface area is 133 Å². The maximum absolute atomic E-state index is 12.2. The third kappa shape index (κ3) is 4.37. The summed E-state index contributed by atoms with van der Waals surface area (Å²) in [6, 6.07) is 11.2. The summed E-state index contributed by atoms with van der Waals surface area (Å²) < 4.78 is 0.868. The number of benzene rings is 1. The van der Waals surface area contributed by atoms with Crippen molar-refractivity contribution in [1.29, 1.82) is 0 Å². The minimum absolute atomic E-state index is 0.0668. The summed E-state index contributed by atoms with van der Waals surface area (Å²) in [7, 11) is 0. The molecule has 4 nitrogen and oxygen atoms in total. The van der Waals surface area contributed by atoms with Crippen LogP contribution in [-0.4, -0.2) is 16.9 Å². The number of anilines is 1. The van der Waals surface area contributed by atoms with Crippen LogP contribution in [0, 0.1) is 0 Å². The highest BCUT2D eigenvalue weighted by atomic mass is 79.9. The van der Waals surface area contributed by atoms with Crippen LogP contribution < -0.4 is 10.6 Å². The lowest BCUT2D eigenvalue weighted by Crippen LogP contribution is -2.39. The van der Waals surface area contributed by atoms with E-state index >= 15 is 0 Å². The lowest BCUT2D eigenvalue weighted by Gasteiger charge is -2.20. The van der Waals surface area contributed by atoms with Gasteiger partial charge in [0.05, 0.1) is 11.7 Å². The van der Waals surface area contributed by atoms with E-state index in [1.54, 1.807) is 12.4 Å². The summed E-state index contributed by atoms with van der Waals surface area (Å²) in [6.07, 6.45) is 3.50. The molecule has 0 fully saturated rings. The van der Waals surface area contributed by atoms with Gasteiger partial charge in [0.15, 0.2) is 0 Å². The molecular formula is C16H18BrN3O. The normalized spacial score (nSPS) is 13.5. The van der Waals surface area contributed by atoms with E-state index < -0.39 is 0 Å². The Hall–Kier alpha value is -1.72. The number of para-hydroxylation sites is 1. The number of rotatable bonds is 5. The van der Waals surface area contributed by atoms with Crippen molar-refractivity contribution in [3.05, 3.63) is 58.8 Å². The fourth-order valence-corrected chi connectivity index (χ4v) is 2.39. The van der Waals surface area contributed by atoms with Gasteiger partial charge in [-0.05, 0) is 59.6 Å². The molecule has 0 aliphatic carbocycles. The highest BCUT2D eigenvalue weighted by molar-refractivity contribution is 9.10. The summed E-state index contributed by atoms with van der Waals surface area (Å²) in [5.74, 6) is -0.0668. The molecule has 2 rings (SSSR count). The molecule has 2 N–H and O–H groups in total. The van der Waals surface area contributed by atoms with Crippen LogP contribution in [0.4, 0.5) is 5.69 Å². The number of halogens is 1. The summed E-state index contributed by atoms with van der Waals surface area (Å²) in [5.41, 5.74) is 1.87. The van der Waals surface area contributed by atoms with E-state index in [1.165, 1.54) is 0 Å². The minimum Gasteiger partial charge on any atom is -0.324 e. The van der Waals surface area contributed by atoms with Crippen LogP contribution in [0.3, 0.4) is 0 Å². The number of carbonyl (C=O) groups is 1. The van der Waals surface area contributed by atoms with Gasteiger partial charge in [-0.25, -0.2) is 0 Å². The van der Waals surface area contributed by atoms with Crippen LogP contribution in [-0.2, 0) is 4.79 Å². The van der Waals surface area contributed by atoms with Crippen LogP contribution in [0.5, 0.6) is 0 Å². The Morgan fingerprint density at radius 3 is 2.48 bits per heavy atom. The topological polar surface area (TPSA) is 54.0 Å². The standard InChI is InChI=1S/C16H18BrN3O/c1-11(13-7-9-18-10-8-13)19-12(2)16(21)20-15-6-4-3-5-14(15)17/h3-12,19H,1-2H3,(H,20,21)/t11-,12-/m0/s1. The molecule has 1 aromatic carbocycles. The van der Waals surface area contributed by atoms with E-state index in [4.69, 9.17) is 0 Å². The van der Waals surface area contributed by atoms with Crippen LogP contribution in [0.1, 0.15) is 25.5 Å². The van der Waals surface area contributed by atoms with Crippen LogP contribution in [0.25, 0.3) is 0 Å². The number of pyridine rings is 1. The van der Waals surface area contributed by atoms with Crippen molar-refractivity contribution in [2.45, 2.75) is 25.9 Å². The summed E-state index contributed by atoms with van der Waals surface area (Å²) in [4.78, 5) is 16.2. The zero-order chi connectivity index (χ0) is 15.2. The summed E-state index contributed by atoms with van der Waals surface area (Å²) >= 11 is 3.42. The second-order valence-corrected chi connectivity index (χ2v) is 5.71. The molecule has 5 heteroatoms. The Bertz CT molecular complexity index is 603. The lowest BCUT2D eigenvalue weighted by atomic mass is 10.1. The lowest BCUT2D eigenvalue weighted by molar-refractivity contribution is -0.117. The van der Waals surface area contributed by atoms with Crippen molar-refractivity contribution in [1.82, 2.24) is 10.3 Å². The second kappa shape index (κ2) is 7.33. The van der Waals surface area contributed by atoms with E-state index in [2.05, 4.69) is 31.5 Å². The molecule has 1 heterocycles. The molecule has 0 aliphatic heterocycles. The van der Waals surface area contributed by atoms with E-state index in [0.29, 0.717) is 0 Å². The van der Waals surface area contributed by atoms with Crippen molar-refractivity contribution in [2.75, 3.05) is 5.32 Å². The number of nitrogens with one attached hydrogen (secondary N) is 2. The number of nitrogens with zero attached hydrogens (tertiary/aromatic N) is 1. The number of amides is 1. The van der Waals surface area contributed by atoms with E-state index in [9.17, 15) is 4.79 Å². The number of hydrogen-bond acceptors (Lipinski definition) is 3. The average molecular weight is 348 g/mol. The second-order valence-electron chi connectivity index (χ2n) is 4.86. The van der Waals surface area contributed by atoms with Gasteiger partial charge >= 0.3 is 0 Å². The van der Waals surface area contributed by atoms with Gasteiger partial charge in [-0.1, -0.05) is 12.1 Å². The fourth-order valence-electron chi connectivity index (χ4n) is 2.00. The zero-order valence-corrected chi connectivity index (χ0v) is 13.6. The van der Waals surface area contributed by atoms with Crippen LogP contribution >= 0.6 is 15.9 Å². The van der Waals surface area contributed by atoms with Gasteiger partial charge in [0.2, 0.25) is 5.91 Å². The summed E-state index contributed by atoms with van der Waals surface area (Å²) in [5, 5.41) is 6.19. The first-order valence-electron chi connectivity index (χ1n) is 6.79. The van der Waals surface area contributed by atoms with E-state index in [1.807, 2.05) is 50.2 Å². The Balaban J connectivity index is 1.95. The monoisotopic (exact) mass is 347 g/mol. The fraction of sp³-hybridized carbons (Fsp3) is 0.250. The van der Waals surface area contributed by atoms with Gasteiger partial charge in [0.1, 0.15) is 0 Å². The molecule has 0 unspecified atom stereocenters. The molecule has 0 aliphatic rings. The number of carbonyl (C=O) groups excluding carboxylic acids is 1. The maximum Gasteiger partial charge on any atom is 0.241 e. The first-order valence-corrected chi connectivity index (χ1v) is 7.58. The Kier molecular flexibility index (Phi) is 5.47. The Morgan fingerprint density at radius 1 is 1.14 bits per heavy atom. The van der Waals surface area contributed by atoms with Crippen LogP contribution in [0.2, 0.25) is 0 Å². The van der Waals surface area contributed by atoms with Gasteiger partial charge in [0.25, 0.3) is 0 Å². The third-order valence-corrected chi connectivity index (χ3v) is 3.92. The molecule has 0 spiro atoms. The highest BCUT2D eigenvalue weighted by Gasteiger charge is 2.16. The quantitative estimate of drug-likeness (QED) is 0.869. The van der Waals surface area contributed by atoms with Crippen LogP contribution in [0.15, 0.2) is 53.3 Å². The van der Waals surface area contributed by atoms with Gasteiger partial charge in [-0.15, -0.1) is 0 Å². The van der Waals surface area contributed by atoms with Crippen molar-refractivity contribution in [3.63, 3.8) is 0 Å². The molecule has 0 bridgehead atoms. The predicted molar refractivity (Wildman–Crippen MR) is 88.0 cm³/mol. The van der Waals surface area contributed by atoms with E-state index in [0.717, 1.165) is 15.7 Å². The first kappa shape index (κ1) is 15.7. The molecular weight excluding hydrogens is 330 g/mol. The highest BCUT2D eigenvalue weighted by Crippen LogP contribution is 2.21. The maximum atomic E-state index is 12.2. The molecule has 0 radical (unpaired) electrons. The first-order chi connectivity index (χ1) is 10.1. The number of hydrogen-bond donors (Lipinski definition) is 2. The molecule has 1 aromatic heterocycles. The molecule has 0 saturated heterocycles. The number of aromatic nitrogens is 1. The van der Waals surface area contributed by atoms with Gasteiger partial charge in [-0.3, -0.25) is 15.1 Å². The van der Waals surface area contributed by atoms with Gasteiger partial charge in [-0.2, -0.15) is 0 Å². The molecule has 2 aromatic rings. The van der Waals surface area contributed by atoms with Crippen molar-refractivity contribution >= 4 is 27.5 Å². The van der Waals surface area contributed by atoms with Crippen molar-refractivity contribution < 1.29 is 4.79 Å². The van der Waals surface area contributed by atoms with Gasteiger partial charge < -0.3 is 5.32 Å². The predicted octanol–water partition coefficient (Wildman–Crippen LogP) is 3.52. The average Bonchev–Trinajstić information content (AvgIpc) is 2.50. The zero-order valence-electron chi connectivity index (χ0n) is 12.0. The molecule has 2 atom stereocenters. The third-order valence-electron chi connectivity index (χ3n) is 3.23.